The lowest BCUT2D eigenvalue weighted by atomic mass is 10.2. The van der Waals surface area contributed by atoms with Gasteiger partial charge in [0.2, 0.25) is 0 Å². The Morgan fingerprint density at radius 3 is 2.70 bits per heavy atom. The van der Waals surface area contributed by atoms with Crippen molar-refractivity contribution in [2.75, 3.05) is 0 Å². The van der Waals surface area contributed by atoms with Crippen LogP contribution in [0.1, 0.15) is 25.5 Å². The van der Waals surface area contributed by atoms with Crippen molar-refractivity contribution in [3.8, 4) is 17.7 Å². The molecule has 3 rings (SSSR count). The zero-order valence-electron chi connectivity index (χ0n) is 11.1. The number of nitrogens with zero attached hydrogens (tertiary/aromatic N) is 3. The Balaban J connectivity index is 2.31. The minimum atomic E-state index is 0.215. The van der Waals surface area contributed by atoms with Crippen molar-refractivity contribution in [3.05, 3.63) is 41.1 Å². The van der Waals surface area contributed by atoms with Crippen LogP contribution in [0, 0.1) is 11.3 Å². The maximum Gasteiger partial charge on any atom is 0.194 e. The Morgan fingerprint density at radius 2 is 2.10 bits per heavy atom. The number of hydrogen-bond donors (Lipinski definition) is 0. The van der Waals surface area contributed by atoms with Crippen LogP contribution in [0.2, 0.25) is 5.22 Å². The van der Waals surface area contributed by atoms with Crippen LogP contribution in [-0.4, -0.2) is 9.55 Å². The monoisotopic (exact) mass is 285 g/mol. The Hall–Kier alpha value is -2.25. The summed E-state index contributed by atoms with van der Waals surface area (Å²) in [5, 5.41) is 9.32. The molecule has 20 heavy (non-hydrogen) atoms. The van der Waals surface area contributed by atoms with Crippen LogP contribution in [0.4, 0.5) is 0 Å². The van der Waals surface area contributed by atoms with E-state index in [4.69, 9.17) is 21.3 Å². The average Bonchev–Trinajstić information content (AvgIpc) is 3.00. The summed E-state index contributed by atoms with van der Waals surface area (Å²) in [7, 11) is 0. The van der Waals surface area contributed by atoms with Gasteiger partial charge in [-0.05, 0) is 55.8 Å². The van der Waals surface area contributed by atoms with Gasteiger partial charge in [-0.25, -0.2) is 4.98 Å². The number of nitriles is 1. The van der Waals surface area contributed by atoms with Crippen LogP contribution < -0.4 is 0 Å². The lowest BCUT2D eigenvalue weighted by Crippen LogP contribution is -2.02. The van der Waals surface area contributed by atoms with Crippen molar-refractivity contribution in [2.24, 2.45) is 0 Å². The van der Waals surface area contributed by atoms with E-state index >= 15 is 0 Å². The molecule has 0 saturated carbocycles. The van der Waals surface area contributed by atoms with Gasteiger partial charge in [0, 0.05) is 6.04 Å². The van der Waals surface area contributed by atoms with E-state index in [1.165, 1.54) is 0 Å². The molecule has 0 unspecified atom stereocenters. The quantitative estimate of drug-likeness (QED) is 0.701. The third kappa shape index (κ3) is 1.97. The van der Waals surface area contributed by atoms with Gasteiger partial charge in [-0.2, -0.15) is 5.26 Å². The highest BCUT2D eigenvalue weighted by Gasteiger charge is 2.17. The molecule has 3 aromatic rings. The first-order valence-corrected chi connectivity index (χ1v) is 6.65. The smallest absolute Gasteiger partial charge is 0.194 e. The molecule has 0 fully saturated rings. The zero-order valence-corrected chi connectivity index (χ0v) is 11.8. The van der Waals surface area contributed by atoms with Gasteiger partial charge in [-0.3, -0.25) is 0 Å². The third-order valence-electron chi connectivity index (χ3n) is 3.13. The van der Waals surface area contributed by atoms with E-state index in [0.29, 0.717) is 16.5 Å². The highest BCUT2D eigenvalue weighted by Crippen LogP contribution is 2.30. The van der Waals surface area contributed by atoms with E-state index in [0.717, 1.165) is 16.9 Å². The summed E-state index contributed by atoms with van der Waals surface area (Å²) in [5.74, 6) is 1.34. The fourth-order valence-corrected chi connectivity index (χ4v) is 2.45. The Morgan fingerprint density at radius 1 is 1.30 bits per heavy atom. The van der Waals surface area contributed by atoms with Gasteiger partial charge in [-0.1, -0.05) is 0 Å². The number of benzene rings is 1. The van der Waals surface area contributed by atoms with Crippen molar-refractivity contribution < 1.29 is 4.42 Å². The molecule has 0 spiro atoms. The molecule has 0 saturated heterocycles. The zero-order chi connectivity index (χ0) is 14.3. The van der Waals surface area contributed by atoms with E-state index in [-0.39, 0.29) is 6.04 Å². The maximum absolute atomic E-state index is 8.98. The predicted molar refractivity (Wildman–Crippen MR) is 77.5 cm³/mol. The first kappa shape index (κ1) is 12.8. The Labute approximate surface area is 121 Å². The molecule has 4 nitrogen and oxygen atoms in total. The standard InChI is InChI=1S/C15H12ClN3O/c1-9(2)19-12-4-3-10(8-17)7-11(12)18-15(19)13-5-6-14(16)20-13/h3-7,9H,1-2H3. The van der Waals surface area contributed by atoms with Gasteiger partial charge in [-0.15, -0.1) is 0 Å². The van der Waals surface area contributed by atoms with E-state index in [1.807, 2.05) is 6.07 Å². The summed E-state index contributed by atoms with van der Waals surface area (Å²) in [4.78, 5) is 4.59. The predicted octanol–water partition coefficient (Wildman–Crippen LogP) is 4.40. The fourth-order valence-electron chi connectivity index (χ4n) is 2.30. The van der Waals surface area contributed by atoms with E-state index in [2.05, 4.69) is 29.5 Å². The minimum absolute atomic E-state index is 0.215. The van der Waals surface area contributed by atoms with E-state index in [1.54, 1.807) is 24.3 Å². The lowest BCUT2D eigenvalue weighted by Gasteiger charge is -2.11. The van der Waals surface area contributed by atoms with Gasteiger partial charge in [0.05, 0.1) is 22.7 Å². The van der Waals surface area contributed by atoms with Crippen LogP contribution in [0.25, 0.3) is 22.6 Å². The molecule has 0 aliphatic heterocycles. The van der Waals surface area contributed by atoms with Crippen LogP contribution in [0.15, 0.2) is 34.7 Å². The molecule has 0 atom stereocenters. The molecule has 0 bridgehead atoms. The van der Waals surface area contributed by atoms with Crippen molar-refractivity contribution in [1.82, 2.24) is 9.55 Å². The molecule has 2 aromatic heterocycles. The SMILES string of the molecule is CC(C)n1c(-c2ccc(Cl)o2)nc2cc(C#N)ccc21. The summed E-state index contributed by atoms with van der Waals surface area (Å²) in [6, 6.07) is 11.3. The van der Waals surface area contributed by atoms with Crippen LogP contribution in [0.5, 0.6) is 0 Å². The molecule has 0 aliphatic rings. The number of imidazole rings is 1. The van der Waals surface area contributed by atoms with E-state index in [9.17, 15) is 0 Å². The van der Waals surface area contributed by atoms with E-state index < -0.39 is 0 Å². The molecule has 0 N–H and O–H groups in total. The van der Waals surface area contributed by atoms with Crippen LogP contribution in [0.3, 0.4) is 0 Å². The van der Waals surface area contributed by atoms with Gasteiger partial charge in [0.1, 0.15) is 0 Å². The molecule has 2 heterocycles. The minimum Gasteiger partial charge on any atom is -0.441 e. The second kappa shape index (κ2) is 4.69. The summed E-state index contributed by atoms with van der Waals surface area (Å²) < 4.78 is 7.54. The fraction of sp³-hybridized carbons (Fsp3) is 0.200. The summed E-state index contributed by atoms with van der Waals surface area (Å²) >= 11 is 5.84. The number of hydrogen-bond acceptors (Lipinski definition) is 3. The molecule has 1 aromatic carbocycles. The summed E-state index contributed by atoms with van der Waals surface area (Å²) in [5.41, 5.74) is 2.34. The maximum atomic E-state index is 8.98. The van der Waals surface area contributed by atoms with Crippen molar-refractivity contribution in [2.45, 2.75) is 19.9 Å². The Bertz CT molecular complexity index is 823. The molecule has 5 heteroatoms. The van der Waals surface area contributed by atoms with Crippen LogP contribution in [-0.2, 0) is 0 Å². The number of fused-ring (bicyclic) bond motifs is 1. The first-order chi connectivity index (χ1) is 9.60. The number of aromatic nitrogens is 2. The molecule has 0 aliphatic carbocycles. The van der Waals surface area contributed by atoms with Crippen molar-refractivity contribution >= 4 is 22.6 Å². The molecule has 0 amide bonds. The summed E-state index contributed by atoms with van der Waals surface area (Å²) in [6.45, 7) is 4.15. The molecular weight excluding hydrogens is 274 g/mol. The normalized spacial score (nSPS) is 11.2. The van der Waals surface area contributed by atoms with Crippen molar-refractivity contribution in [1.29, 1.82) is 5.26 Å². The average molecular weight is 286 g/mol. The second-order valence-corrected chi connectivity index (χ2v) is 5.19. The van der Waals surface area contributed by atoms with Gasteiger partial charge >= 0.3 is 0 Å². The molecular formula is C15H12ClN3O. The largest absolute Gasteiger partial charge is 0.441 e. The number of furan rings is 1. The first-order valence-electron chi connectivity index (χ1n) is 6.28. The number of rotatable bonds is 2. The third-order valence-corrected chi connectivity index (χ3v) is 3.33. The van der Waals surface area contributed by atoms with Gasteiger partial charge < -0.3 is 8.98 Å². The Kier molecular flexibility index (Phi) is 3.00. The second-order valence-electron chi connectivity index (χ2n) is 4.82. The van der Waals surface area contributed by atoms with Crippen LogP contribution >= 0.6 is 11.6 Å². The molecule has 100 valence electrons. The molecule has 0 radical (unpaired) electrons. The summed E-state index contributed by atoms with van der Waals surface area (Å²) in [6.07, 6.45) is 0. The van der Waals surface area contributed by atoms with Crippen molar-refractivity contribution in [3.63, 3.8) is 0 Å². The highest BCUT2D eigenvalue weighted by molar-refractivity contribution is 6.28. The highest BCUT2D eigenvalue weighted by atomic mass is 35.5. The topological polar surface area (TPSA) is 54.8 Å². The number of halogens is 1. The van der Waals surface area contributed by atoms with Gasteiger partial charge in [0.25, 0.3) is 0 Å². The van der Waals surface area contributed by atoms with Gasteiger partial charge in [0.15, 0.2) is 16.8 Å². The lowest BCUT2D eigenvalue weighted by molar-refractivity contribution is 0.558.